The lowest BCUT2D eigenvalue weighted by Gasteiger charge is -2.37. The van der Waals surface area contributed by atoms with Crippen LogP contribution in [0.5, 0.6) is 0 Å². The van der Waals surface area contributed by atoms with Gasteiger partial charge in [0.1, 0.15) is 0 Å². The summed E-state index contributed by atoms with van der Waals surface area (Å²) >= 11 is 3.51. The highest BCUT2D eigenvalue weighted by atomic mass is 79.9. The predicted molar refractivity (Wildman–Crippen MR) is 155 cm³/mol. The molecule has 0 radical (unpaired) electrons. The fourth-order valence-electron chi connectivity index (χ4n) is 5.19. The Morgan fingerprint density at radius 1 is 0.758 bits per heavy atom. The molecule has 0 aliphatic heterocycles. The molecule has 0 heterocycles. The van der Waals surface area contributed by atoms with Gasteiger partial charge in [0.15, 0.2) is 0 Å². The third-order valence-corrected chi connectivity index (χ3v) is 7.32. The maximum atomic E-state index is 3.51. The molecule has 0 amide bonds. The molecule has 0 aromatic heterocycles. The van der Waals surface area contributed by atoms with Crippen molar-refractivity contribution in [3.63, 3.8) is 0 Å². The second-order valence-corrected chi connectivity index (χ2v) is 14.1. The van der Waals surface area contributed by atoms with Crippen LogP contribution in [0.3, 0.4) is 0 Å². The molecule has 0 saturated carbocycles. The molecule has 1 atom stereocenters. The summed E-state index contributed by atoms with van der Waals surface area (Å²) in [6.07, 6.45) is 15.0. The molecule has 0 spiro atoms. The summed E-state index contributed by atoms with van der Waals surface area (Å²) in [5.41, 5.74) is 5.32. The molecule has 0 bridgehead atoms. The van der Waals surface area contributed by atoms with Gasteiger partial charge >= 0.3 is 0 Å². The molecule has 0 fully saturated rings. The van der Waals surface area contributed by atoms with Crippen LogP contribution in [0.2, 0.25) is 0 Å². The maximum Gasteiger partial charge on any atom is 0.0212 e. The molecule has 1 aromatic carbocycles. The molecular formula is C32H53Br. The van der Waals surface area contributed by atoms with Crippen molar-refractivity contribution < 1.29 is 0 Å². The Hall–Kier alpha value is -0.820. The Bertz CT molecular complexity index is 783. The zero-order valence-electron chi connectivity index (χ0n) is 23.7. The van der Waals surface area contributed by atoms with E-state index in [2.05, 4.69) is 135 Å². The quantitative estimate of drug-likeness (QED) is 0.191. The van der Waals surface area contributed by atoms with Crippen molar-refractivity contribution in [2.75, 3.05) is 5.33 Å². The van der Waals surface area contributed by atoms with Crippen LogP contribution in [-0.2, 0) is 10.8 Å². The van der Waals surface area contributed by atoms with Gasteiger partial charge in [-0.15, -0.1) is 0 Å². The summed E-state index contributed by atoms with van der Waals surface area (Å²) in [5.74, 6) is 0.543. The number of hydrogen-bond acceptors (Lipinski definition) is 0. The summed E-state index contributed by atoms with van der Waals surface area (Å²) in [4.78, 5) is 0. The summed E-state index contributed by atoms with van der Waals surface area (Å²) < 4.78 is 0. The minimum Gasteiger partial charge on any atom is -0.0888 e. The van der Waals surface area contributed by atoms with Gasteiger partial charge in [0.05, 0.1) is 0 Å². The first-order valence-corrected chi connectivity index (χ1v) is 14.2. The van der Waals surface area contributed by atoms with E-state index in [1.54, 1.807) is 0 Å². The van der Waals surface area contributed by atoms with Crippen LogP contribution < -0.4 is 0 Å². The van der Waals surface area contributed by atoms with E-state index in [9.17, 15) is 0 Å². The van der Waals surface area contributed by atoms with E-state index in [0.717, 1.165) is 24.6 Å². The number of halogens is 1. The van der Waals surface area contributed by atoms with Gasteiger partial charge in [-0.3, -0.25) is 0 Å². The Labute approximate surface area is 215 Å². The van der Waals surface area contributed by atoms with Gasteiger partial charge in [0, 0.05) is 5.33 Å². The van der Waals surface area contributed by atoms with Crippen LogP contribution in [0, 0.1) is 10.8 Å². The largest absolute Gasteiger partial charge is 0.0888 e. The summed E-state index contributed by atoms with van der Waals surface area (Å²) in [6.45, 7) is 26.2. The van der Waals surface area contributed by atoms with E-state index in [4.69, 9.17) is 0 Å². The van der Waals surface area contributed by atoms with Gasteiger partial charge in [-0.1, -0.05) is 135 Å². The molecule has 1 heteroatoms. The molecular weight excluding hydrogens is 464 g/mol. The van der Waals surface area contributed by atoms with Gasteiger partial charge in [-0.2, -0.15) is 0 Å². The minimum atomic E-state index is 0.126. The smallest absolute Gasteiger partial charge is 0.0212 e. The monoisotopic (exact) mass is 516 g/mol. The highest BCUT2D eigenvalue weighted by molar-refractivity contribution is 9.09. The van der Waals surface area contributed by atoms with Crippen molar-refractivity contribution >= 4 is 15.9 Å². The molecule has 0 aliphatic carbocycles. The maximum absolute atomic E-state index is 3.51. The van der Waals surface area contributed by atoms with Crippen LogP contribution in [0.4, 0.5) is 0 Å². The minimum absolute atomic E-state index is 0.126. The molecule has 1 rings (SSSR count). The fourth-order valence-corrected chi connectivity index (χ4v) is 5.46. The Morgan fingerprint density at radius 2 is 1.30 bits per heavy atom. The molecule has 0 N–H and O–H groups in total. The molecule has 0 saturated heterocycles. The number of alkyl halides is 1. The molecule has 188 valence electrons. The zero-order valence-corrected chi connectivity index (χ0v) is 25.3. The van der Waals surface area contributed by atoms with Crippen molar-refractivity contribution in [3.05, 3.63) is 59.2 Å². The van der Waals surface area contributed by atoms with Gasteiger partial charge in [0.2, 0.25) is 0 Å². The average Bonchev–Trinajstić information content (AvgIpc) is 2.66. The first kappa shape index (κ1) is 30.2. The Morgan fingerprint density at radius 3 is 1.85 bits per heavy atom. The van der Waals surface area contributed by atoms with E-state index < -0.39 is 0 Å². The highest BCUT2D eigenvalue weighted by Crippen LogP contribution is 2.42. The molecule has 0 nitrogen and oxygen atoms in total. The normalized spacial score (nSPS) is 15.0. The first-order chi connectivity index (χ1) is 15.0. The molecule has 0 aliphatic rings. The van der Waals surface area contributed by atoms with Crippen LogP contribution in [0.15, 0.2) is 42.5 Å². The van der Waals surface area contributed by atoms with Crippen molar-refractivity contribution in [3.8, 4) is 0 Å². The van der Waals surface area contributed by atoms with Crippen molar-refractivity contribution in [1.29, 1.82) is 0 Å². The SMILES string of the molecule is CC/C=C/CC(C)(C)CC(C)c1cc(C(C)(C)C)cc(C(C)(C)CC(C)(C)C/C=C/CBr)c1. The fraction of sp³-hybridized carbons (Fsp3) is 0.688. The second kappa shape index (κ2) is 12.2. The lowest BCUT2D eigenvalue weighted by atomic mass is 9.68. The van der Waals surface area contributed by atoms with Crippen LogP contribution in [0.25, 0.3) is 0 Å². The topological polar surface area (TPSA) is 0 Å². The van der Waals surface area contributed by atoms with Crippen molar-refractivity contribution in [1.82, 2.24) is 0 Å². The Kier molecular flexibility index (Phi) is 11.2. The van der Waals surface area contributed by atoms with Crippen LogP contribution >= 0.6 is 15.9 Å². The van der Waals surface area contributed by atoms with E-state index in [0.29, 0.717) is 11.3 Å². The third kappa shape index (κ3) is 10.5. The predicted octanol–water partition coefficient (Wildman–Crippen LogP) is 10.9. The van der Waals surface area contributed by atoms with Gasteiger partial charge in [-0.25, -0.2) is 0 Å². The number of hydrogen-bond donors (Lipinski definition) is 0. The van der Waals surface area contributed by atoms with Crippen molar-refractivity contribution in [2.45, 2.75) is 125 Å². The highest BCUT2D eigenvalue weighted by Gasteiger charge is 2.31. The van der Waals surface area contributed by atoms with Crippen molar-refractivity contribution in [2.24, 2.45) is 10.8 Å². The van der Waals surface area contributed by atoms with Gasteiger partial charge < -0.3 is 0 Å². The van der Waals surface area contributed by atoms with E-state index >= 15 is 0 Å². The lowest BCUT2D eigenvalue weighted by Crippen LogP contribution is -2.27. The van der Waals surface area contributed by atoms with Crippen LogP contribution in [-0.4, -0.2) is 5.33 Å². The standard InChI is InChI=1S/C32H53Br/c1-12-13-14-17-30(6,7)23-25(2)26-20-27(29(3,4)5)22-28(21-26)32(10,11)24-31(8,9)18-15-16-19-33/h13-16,20-22,25H,12,17-19,23-24H2,1-11H3/b14-13+,16-15+. The summed E-state index contributed by atoms with van der Waals surface area (Å²) in [7, 11) is 0. The number of rotatable bonds is 12. The molecule has 1 aromatic rings. The third-order valence-electron chi connectivity index (χ3n) is 6.95. The molecule has 1 unspecified atom stereocenters. The van der Waals surface area contributed by atoms with Crippen LogP contribution in [0.1, 0.15) is 131 Å². The summed E-state index contributed by atoms with van der Waals surface area (Å²) in [6, 6.07) is 7.52. The second-order valence-electron chi connectivity index (χ2n) is 13.5. The average molecular weight is 518 g/mol. The van der Waals surface area contributed by atoms with Gasteiger partial charge in [-0.05, 0) is 76.4 Å². The van der Waals surface area contributed by atoms with Gasteiger partial charge in [0.25, 0.3) is 0 Å². The number of allylic oxidation sites excluding steroid dienone is 4. The van der Waals surface area contributed by atoms with E-state index in [-0.39, 0.29) is 16.2 Å². The van der Waals surface area contributed by atoms with E-state index in [1.807, 2.05) is 0 Å². The zero-order chi connectivity index (χ0) is 25.5. The Balaban J connectivity index is 3.30. The van der Waals surface area contributed by atoms with E-state index in [1.165, 1.54) is 29.5 Å². The number of benzene rings is 1. The summed E-state index contributed by atoms with van der Waals surface area (Å²) in [5, 5.41) is 0.936. The first-order valence-electron chi connectivity index (χ1n) is 13.0. The molecule has 33 heavy (non-hydrogen) atoms. The lowest BCUT2D eigenvalue weighted by molar-refractivity contribution is 0.259.